The first kappa shape index (κ1) is 22.0. The smallest absolute Gasteiger partial charge is 0.222 e. The number of phenols is 1. The van der Waals surface area contributed by atoms with Gasteiger partial charge in [0.05, 0.1) is 11.4 Å². The molecule has 0 aliphatic rings. The molecule has 0 aliphatic heterocycles. The van der Waals surface area contributed by atoms with Gasteiger partial charge < -0.3 is 21.5 Å². The van der Waals surface area contributed by atoms with Crippen LogP contribution in [0.5, 0.6) is 5.75 Å². The Morgan fingerprint density at radius 3 is 2.70 bits per heavy atom. The number of nitrogens with zero attached hydrogens (tertiary/aromatic N) is 3. The molecule has 5 N–H and O–H groups in total. The predicted molar refractivity (Wildman–Crippen MR) is 129 cm³/mol. The van der Waals surface area contributed by atoms with Crippen LogP contribution in [0.3, 0.4) is 0 Å². The van der Waals surface area contributed by atoms with Crippen molar-refractivity contribution in [1.82, 2.24) is 15.0 Å². The molecule has 33 heavy (non-hydrogen) atoms. The molecular formula is C25H25FN6O. The second kappa shape index (κ2) is 9.95. The summed E-state index contributed by atoms with van der Waals surface area (Å²) in [5.74, 6) is 0.320. The molecule has 7 nitrogen and oxygen atoms in total. The molecule has 0 unspecified atom stereocenters. The fourth-order valence-electron chi connectivity index (χ4n) is 3.42. The van der Waals surface area contributed by atoms with Crippen molar-refractivity contribution >= 4 is 23.1 Å². The van der Waals surface area contributed by atoms with Crippen LogP contribution < -0.4 is 16.4 Å². The maximum atomic E-state index is 14.2. The Kier molecular flexibility index (Phi) is 6.64. The summed E-state index contributed by atoms with van der Waals surface area (Å²) in [5, 5.41) is 16.7. The van der Waals surface area contributed by atoms with Gasteiger partial charge in [0.1, 0.15) is 17.4 Å². The number of hydrogen-bond acceptors (Lipinski definition) is 7. The van der Waals surface area contributed by atoms with Crippen molar-refractivity contribution in [2.75, 3.05) is 22.9 Å². The number of halogens is 1. The van der Waals surface area contributed by atoms with Crippen LogP contribution in [0.25, 0.3) is 11.3 Å². The van der Waals surface area contributed by atoms with Crippen molar-refractivity contribution in [1.29, 1.82) is 0 Å². The summed E-state index contributed by atoms with van der Waals surface area (Å²) in [5.41, 5.74) is 9.64. The van der Waals surface area contributed by atoms with E-state index >= 15 is 0 Å². The SMILES string of the molecule is Cc1ccc(Nc2ccc(O)c(-c3cc(NCCCc4ccccn4)nc(N)n3)c2)c(F)c1. The number of nitrogens with one attached hydrogen (secondary N) is 2. The third kappa shape index (κ3) is 5.74. The Morgan fingerprint density at radius 2 is 1.91 bits per heavy atom. The number of anilines is 4. The van der Waals surface area contributed by atoms with Crippen molar-refractivity contribution in [2.45, 2.75) is 19.8 Å². The van der Waals surface area contributed by atoms with E-state index in [2.05, 4.69) is 25.6 Å². The summed E-state index contributed by atoms with van der Waals surface area (Å²) >= 11 is 0. The fourth-order valence-corrected chi connectivity index (χ4v) is 3.42. The summed E-state index contributed by atoms with van der Waals surface area (Å²) in [6.07, 6.45) is 3.48. The summed E-state index contributed by atoms with van der Waals surface area (Å²) < 4.78 is 14.2. The van der Waals surface area contributed by atoms with Crippen molar-refractivity contribution in [3.05, 3.63) is 83.9 Å². The van der Waals surface area contributed by atoms with Crippen LogP contribution in [0.4, 0.5) is 27.5 Å². The minimum atomic E-state index is -0.354. The summed E-state index contributed by atoms with van der Waals surface area (Å²) in [6.45, 7) is 2.50. The van der Waals surface area contributed by atoms with E-state index in [1.54, 1.807) is 30.5 Å². The number of aryl methyl sites for hydroxylation is 2. The zero-order valence-electron chi connectivity index (χ0n) is 18.2. The van der Waals surface area contributed by atoms with Crippen molar-refractivity contribution in [2.24, 2.45) is 0 Å². The van der Waals surface area contributed by atoms with Gasteiger partial charge in [-0.2, -0.15) is 4.98 Å². The summed E-state index contributed by atoms with van der Waals surface area (Å²) in [4.78, 5) is 12.8. The number of nitrogens with two attached hydrogens (primary N) is 1. The third-order valence-corrected chi connectivity index (χ3v) is 5.06. The van der Waals surface area contributed by atoms with E-state index in [0.717, 1.165) is 24.1 Å². The zero-order valence-corrected chi connectivity index (χ0v) is 18.2. The molecule has 0 radical (unpaired) electrons. The van der Waals surface area contributed by atoms with Crippen molar-refractivity contribution in [3.63, 3.8) is 0 Å². The number of aromatic nitrogens is 3. The second-order valence-corrected chi connectivity index (χ2v) is 7.69. The van der Waals surface area contributed by atoms with Gasteiger partial charge in [-0.15, -0.1) is 0 Å². The Bertz CT molecular complexity index is 1250. The topological polar surface area (TPSA) is 109 Å². The number of aromatic hydroxyl groups is 1. The molecule has 2 aromatic heterocycles. The average Bonchev–Trinajstić information content (AvgIpc) is 2.80. The molecule has 0 saturated heterocycles. The molecule has 0 atom stereocenters. The molecule has 0 aliphatic carbocycles. The molecule has 0 spiro atoms. The van der Waals surface area contributed by atoms with E-state index in [0.29, 0.717) is 35.0 Å². The lowest BCUT2D eigenvalue weighted by molar-refractivity contribution is 0.477. The molecule has 2 aromatic carbocycles. The molecule has 8 heteroatoms. The summed E-state index contributed by atoms with van der Waals surface area (Å²) in [7, 11) is 0. The number of rotatable bonds is 8. The van der Waals surface area contributed by atoms with Crippen LogP contribution >= 0.6 is 0 Å². The first-order valence-corrected chi connectivity index (χ1v) is 10.6. The number of benzene rings is 2. The standard InChI is InChI=1S/C25H25FN6O/c1-16-7-9-21(20(26)13-16)30-18-8-10-23(33)19(14-18)22-15-24(32-25(27)31-22)29-12-4-6-17-5-2-3-11-28-17/h2-3,5,7-11,13-15,30,33H,4,6,12H2,1H3,(H3,27,29,31,32). The Morgan fingerprint density at radius 1 is 1.03 bits per heavy atom. The van der Waals surface area contributed by atoms with Gasteiger partial charge in [-0.1, -0.05) is 12.1 Å². The Balaban J connectivity index is 1.49. The minimum absolute atomic E-state index is 0.0316. The van der Waals surface area contributed by atoms with Crippen LogP contribution in [-0.2, 0) is 6.42 Å². The highest BCUT2D eigenvalue weighted by atomic mass is 19.1. The highest BCUT2D eigenvalue weighted by Crippen LogP contribution is 2.33. The molecule has 0 bridgehead atoms. The van der Waals surface area contributed by atoms with Gasteiger partial charge in [0.25, 0.3) is 0 Å². The van der Waals surface area contributed by atoms with Gasteiger partial charge in [0.15, 0.2) is 0 Å². The first-order chi connectivity index (χ1) is 16.0. The summed E-state index contributed by atoms with van der Waals surface area (Å²) in [6, 6.07) is 17.4. The largest absolute Gasteiger partial charge is 0.507 e. The normalized spacial score (nSPS) is 10.7. The molecule has 168 valence electrons. The quantitative estimate of drug-likeness (QED) is 0.222. The van der Waals surface area contributed by atoms with Crippen molar-refractivity contribution < 1.29 is 9.50 Å². The van der Waals surface area contributed by atoms with Gasteiger partial charge in [-0.25, -0.2) is 9.37 Å². The minimum Gasteiger partial charge on any atom is -0.507 e. The van der Waals surface area contributed by atoms with Crippen molar-refractivity contribution in [3.8, 4) is 17.0 Å². The predicted octanol–water partition coefficient (Wildman–Crippen LogP) is 5.06. The molecule has 2 heterocycles. The van der Waals surface area contributed by atoms with Crippen LogP contribution in [0.1, 0.15) is 17.7 Å². The van der Waals surface area contributed by atoms with Gasteiger partial charge in [-0.05, 0) is 67.8 Å². The van der Waals surface area contributed by atoms with E-state index in [9.17, 15) is 9.50 Å². The molecule has 0 fully saturated rings. The van der Waals surface area contributed by atoms with E-state index in [4.69, 9.17) is 5.73 Å². The van der Waals surface area contributed by atoms with E-state index < -0.39 is 0 Å². The molecular weight excluding hydrogens is 419 g/mol. The number of pyridine rings is 1. The highest BCUT2D eigenvalue weighted by Gasteiger charge is 2.12. The van der Waals surface area contributed by atoms with Crippen LogP contribution in [0, 0.1) is 12.7 Å². The lowest BCUT2D eigenvalue weighted by Crippen LogP contribution is -2.07. The van der Waals surface area contributed by atoms with E-state index in [-0.39, 0.29) is 17.5 Å². The van der Waals surface area contributed by atoms with Crippen LogP contribution in [0.2, 0.25) is 0 Å². The maximum Gasteiger partial charge on any atom is 0.222 e. The van der Waals surface area contributed by atoms with Gasteiger partial charge in [-0.3, -0.25) is 4.98 Å². The fraction of sp³-hybridized carbons (Fsp3) is 0.160. The molecule has 4 aromatic rings. The molecule has 4 rings (SSSR count). The lowest BCUT2D eigenvalue weighted by atomic mass is 10.1. The van der Waals surface area contributed by atoms with E-state index in [1.807, 2.05) is 31.2 Å². The monoisotopic (exact) mass is 444 g/mol. The van der Waals surface area contributed by atoms with Gasteiger partial charge in [0, 0.05) is 35.8 Å². The van der Waals surface area contributed by atoms with Gasteiger partial charge in [0.2, 0.25) is 5.95 Å². The number of phenolic OH excluding ortho intramolecular Hbond substituents is 1. The Hall–Kier alpha value is -4.20. The number of hydrogen-bond donors (Lipinski definition) is 4. The van der Waals surface area contributed by atoms with Crippen LogP contribution in [0.15, 0.2) is 66.9 Å². The van der Waals surface area contributed by atoms with Gasteiger partial charge >= 0.3 is 0 Å². The highest BCUT2D eigenvalue weighted by molar-refractivity contribution is 5.75. The number of nitrogen functional groups attached to an aromatic ring is 1. The first-order valence-electron chi connectivity index (χ1n) is 10.6. The Labute approximate surface area is 191 Å². The maximum absolute atomic E-state index is 14.2. The molecule has 0 amide bonds. The van der Waals surface area contributed by atoms with E-state index in [1.165, 1.54) is 12.1 Å². The zero-order chi connectivity index (χ0) is 23.2. The third-order valence-electron chi connectivity index (χ3n) is 5.06. The average molecular weight is 445 g/mol. The van der Waals surface area contributed by atoms with Crippen LogP contribution in [-0.4, -0.2) is 26.6 Å². The second-order valence-electron chi connectivity index (χ2n) is 7.69. The molecule has 0 saturated carbocycles. The lowest BCUT2D eigenvalue weighted by Gasteiger charge is -2.12.